The lowest BCUT2D eigenvalue weighted by Gasteiger charge is -2.13. The average molecular weight is 266 g/mol. The molecule has 1 amide bonds. The van der Waals surface area contributed by atoms with E-state index >= 15 is 0 Å². The predicted molar refractivity (Wildman–Crippen MR) is 74.9 cm³/mol. The molecular formula is C15H23FN2O. The Balaban J connectivity index is 2.30. The number of hydrogen-bond donors (Lipinski definition) is 2. The number of nitrogens with two attached hydrogens (primary N) is 1. The molecule has 2 unspecified atom stereocenters. The van der Waals surface area contributed by atoms with Gasteiger partial charge in [-0.05, 0) is 37.5 Å². The van der Waals surface area contributed by atoms with E-state index in [4.69, 9.17) is 5.73 Å². The van der Waals surface area contributed by atoms with Crippen LogP contribution >= 0.6 is 0 Å². The van der Waals surface area contributed by atoms with Crippen molar-refractivity contribution in [2.24, 2.45) is 11.7 Å². The Morgan fingerprint density at radius 2 is 2.11 bits per heavy atom. The summed E-state index contributed by atoms with van der Waals surface area (Å²) in [4.78, 5) is 11.8. The van der Waals surface area contributed by atoms with E-state index in [0.717, 1.165) is 24.8 Å². The Morgan fingerprint density at radius 1 is 1.37 bits per heavy atom. The first-order valence-electron chi connectivity index (χ1n) is 6.76. The molecule has 0 saturated heterocycles. The Kier molecular flexibility index (Phi) is 6.50. The van der Waals surface area contributed by atoms with Crippen molar-refractivity contribution in [2.45, 2.75) is 45.7 Å². The molecule has 0 bridgehead atoms. The summed E-state index contributed by atoms with van der Waals surface area (Å²) in [6.45, 7) is 4.24. The largest absolute Gasteiger partial charge is 0.352 e. The number of nitrogens with one attached hydrogen (secondary N) is 1. The maximum absolute atomic E-state index is 13.0. The fraction of sp³-hybridized carbons (Fsp3) is 0.533. The zero-order valence-corrected chi connectivity index (χ0v) is 11.7. The molecule has 0 aliphatic rings. The van der Waals surface area contributed by atoms with Gasteiger partial charge in [-0.3, -0.25) is 4.79 Å². The molecule has 0 aliphatic carbocycles. The topological polar surface area (TPSA) is 55.1 Å². The van der Waals surface area contributed by atoms with Gasteiger partial charge >= 0.3 is 0 Å². The van der Waals surface area contributed by atoms with Crippen molar-refractivity contribution in [1.29, 1.82) is 0 Å². The standard InChI is InChI=1S/C15H23FN2O/c1-11(5-3-6-12(2)17)15(19)18-10-13-7-4-8-14(16)9-13/h4,7-9,11-12H,3,5-6,10,17H2,1-2H3,(H,18,19). The number of carbonyl (C=O) groups is 1. The zero-order chi connectivity index (χ0) is 14.3. The smallest absolute Gasteiger partial charge is 0.223 e. The Labute approximate surface area is 114 Å². The lowest BCUT2D eigenvalue weighted by atomic mass is 10.0. The first-order valence-corrected chi connectivity index (χ1v) is 6.76. The third kappa shape index (κ3) is 6.34. The normalized spacial score (nSPS) is 13.9. The minimum atomic E-state index is -0.281. The van der Waals surface area contributed by atoms with Crippen LogP contribution in [0.5, 0.6) is 0 Å². The zero-order valence-electron chi connectivity index (χ0n) is 11.7. The highest BCUT2D eigenvalue weighted by Gasteiger charge is 2.12. The molecule has 3 N–H and O–H groups in total. The number of hydrogen-bond acceptors (Lipinski definition) is 2. The van der Waals surface area contributed by atoms with E-state index < -0.39 is 0 Å². The van der Waals surface area contributed by atoms with Gasteiger partial charge < -0.3 is 11.1 Å². The number of carbonyl (C=O) groups excluding carboxylic acids is 1. The average Bonchev–Trinajstić information content (AvgIpc) is 2.35. The van der Waals surface area contributed by atoms with Crippen molar-refractivity contribution in [3.63, 3.8) is 0 Å². The van der Waals surface area contributed by atoms with Crippen LogP contribution in [0.3, 0.4) is 0 Å². The minimum Gasteiger partial charge on any atom is -0.352 e. The number of amides is 1. The van der Waals surface area contributed by atoms with Gasteiger partial charge in [0, 0.05) is 18.5 Å². The van der Waals surface area contributed by atoms with Crippen LogP contribution in [-0.2, 0) is 11.3 Å². The van der Waals surface area contributed by atoms with Gasteiger partial charge in [0.1, 0.15) is 5.82 Å². The van der Waals surface area contributed by atoms with E-state index in [1.165, 1.54) is 12.1 Å². The highest BCUT2D eigenvalue weighted by molar-refractivity contribution is 5.78. The Bertz CT molecular complexity index is 407. The van der Waals surface area contributed by atoms with E-state index in [1.54, 1.807) is 12.1 Å². The summed E-state index contributed by atoms with van der Waals surface area (Å²) in [6.07, 6.45) is 2.71. The van der Waals surface area contributed by atoms with Crippen molar-refractivity contribution in [2.75, 3.05) is 0 Å². The molecule has 0 saturated carbocycles. The summed E-state index contributed by atoms with van der Waals surface area (Å²) in [5.41, 5.74) is 6.44. The summed E-state index contributed by atoms with van der Waals surface area (Å²) in [7, 11) is 0. The lowest BCUT2D eigenvalue weighted by molar-refractivity contribution is -0.124. The molecule has 0 aromatic heterocycles. The Morgan fingerprint density at radius 3 is 2.74 bits per heavy atom. The maximum atomic E-state index is 13.0. The van der Waals surface area contributed by atoms with Gasteiger partial charge in [-0.2, -0.15) is 0 Å². The van der Waals surface area contributed by atoms with E-state index in [1.807, 2.05) is 13.8 Å². The molecule has 4 heteroatoms. The maximum Gasteiger partial charge on any atom is 0.223 e. The van der Waals surface area contributed by atoms with Gasteiger partial charge in [0.25, 0.3) is 0 Å². The molecule has 0 aliphatic heterocycles. The van der Waals surface area contributed by atoms with Crippen LogP contribution in [0.1, 0.15) is 38.7 Å². The molecule has 1 aromatic rings. The van der Waals surface area contributed by atoms with Crippen molar-refractivity contribution in [1.82, 2.24) is 5.32 Å². The lowest BCUT2D eigenvalue weighted by Crippen LogP contribution is -2.29. The van der Waals surface area contributed by atoms with Crippen LogP contribution < -0.4 is 11.1 Å². The molecule has 1 rings (SSSR count). The number of rotatable bonds is 7. The van der Waals surface area contributed by atoms with Crippen molar-refractivity contribution >= 4 is 5.91 Å². The first-order chi connectivity index (χ1) is 8.99. The van der Waals surface area contributed by atoms with Crippen molar-refractivity contribution in [3.05, 3.63) is 35.6 Å². The fourth-order valence-corrected chi connectivity index (χ4v) is 1.89. The van der Waals surface area contributed by atoms with Crippen LogP contribution in [0, 0.1) is 11.7 Å². The second-order valence-corrected chi connectivity index (χ2v) is 5.16. The van der Waals surface area contributed by atoms with Gasteiger partial charge in [-0.1, -0.05) is 25.5 Å². The molecule has 3 nitrogen and oxygen atoms in total. The molecule has 0 spiro atoms. The predicted octanol–water partition coefficient (Wildman–Crippen LogP) is 2.60. The molecular weight excluding hydrogens is 243 g/mol. The Hall–Kier alpha value is -1.42. The van der Waals surface area contributed by atoms with Gasteiger partial charge in [0.15, 0.2) is 0 Å². The fourth-order valence-electron chi connectivity index (χ4n) is 1.89. The highest BCUT2D eigenvalue weighted by Crippen LogP contribution is 2.10. The van der Waals surface area contributed by atoms with Crippen LogP contribution in [0.4, 0.5) is 4.39 Å². The summed E-state index contributed by atoms with van der Waals surface area (Å²) in [5, 5.41) is 2.83. The van der Waals surface area contributed by atoms with Crippen molar-refractivity contribution in [3.8, 4) is 0 Å². The number of benzene rings is 1. The molecule has 19 heavy (non-hydrogen) atoms. The number of halogens is 1. The van der Waals surface area contributed by atoms with Crippen LogP contribution in [0.2, 0.25) is 0 Å². The van der Waals surface area contributed by atoms with Crippen LogP contribution in [0.15, 0.2) is 24.3 Å². The first kappa shape index (κ1) is 15.6. The summed E-state index contributed by atoms with van der Waals surface area (Å²) >= 11 is 0. The van der Waals surface area contributed by atoms with Gasteiger partial charge in [-0.25, -0.2) is 4.39 Å². The third-order valence-corrected chi connectivity index (χ3v) is 3.10. The van der Waals surface area contributed by atoms with Crippen molar-refractivity contribution < 1.29 is 9.18 Å². The van der Waals surface area contributed by atoms with E-state index in [-0.39, 0.29) is 23.7 Å². The molecule has 106 valence electrons. The van der Waals surface area contributed by atoms with Crippen LogP contribution in [0.25, 0.3) is 0 Å². The monoisotopic (exact) mass is 266 g/mol. The molecule has 2 atom stereocenters. The van der Waals surface area contributed by atoms with E-state index in [0.29, 0.717) is 6.54 Å². The molecule has 0 heterocycles. The quantitative estimate of drug-likeness (QED) is 0.797. The third-order valence-electron chi connectivity index (χ3n) is 3.10. The van der Waals surface area contributed by atoms with Gasteiger partial charge in [-0.15, -0.1) is 0 Å². The summed E-state index contributed by atoms with van der Waals surface area (Å²) in [5.74, 6) is -0.307. The SMILES string of the molecule is CC(N)CCCC(C)C(=O)NCc1cccc(F)c1. The van der Waals surface area contributed by atoms with Gasteiger partial charge in [0.2, 0.25) is 5.91 Å². The molecule has 0 radical (unpaired) electrons. The summed E-state index contributed by atoms with van der Waals surface area (Å²) < 4.78 is 13.0. The highest BCUT2D eigenvalue weighted by atomic mass is 19.1. The molecule has 1 aromatic carbocycles. The van der Waals surface area contributed by atoms with E-state index in [9.17, 15) is 9.18 Å². The minimum absolute atomic E-state index is 0.00827. The van der Waals surface area contributed by atoms with Crippen LogP contribution in [-0.4, -0.2) is 11.9 Å². The second kappa shape index (κ2) is 7.89. The van der Waals surface area contributed by atoms with Gasteiger partial charge in [0.05, 0.1) is 0 Å². The molecule has 0 fully saturated rings. The van der Waals surface area contributed by atoms with E-state index in [2.05, 4.69) is 5.32 Å². The second-order valence-electron chi connectivity index (χ2n) is 5.16. The summed E-state index contributed by atoms with van der Waals surface area (Å²) in [6, 6.07) is 6.44.